The van der Waals surface area contributed by atoms with Crippen molar-refractivity contribution in [2.75, 3.05) is 6.61 Å². The van der Waals surface area contributed by atoms with Gasteiger partial charge in [-0.05, 0) is 93.7 Å². The summed E-state index contributed by atoms with van der Waals surface area (Å²) in [5.74, 6) is 0.0755. The molecule has 0 saturated heterocycles. The number of halogens is 1. The number of hydrogen-bond donors (Lipinski definition) is 3. The first-order chi connectivity index (χ1) is 24.6. The summed E-state index contributed by atoms with van der Waals surface area (Å²) in [4.78, 5) is 50.0. The van der Waals surface area contributed by atoms with Crippen LogP contribution >= 0.6 is 0 Å². The maximum atomic E-state index is 14.5. The third-order valence-corrected chi connectivity index (χ3v) is 10.3. The van der Waals surface area contributed by atoms with Gasteiger partial charge in [0.05, 0.1) is 17.3 Å². The van der Waals surface area contributed by atoms with Crippen LogP contribution in [0.5, 0.6) is 0 Å². The Kier molecular flexibility index (Phi) is 9.71. The number of pyridine rings is 1. The predicted molar refractivity (Wildman–Crippen MR) is 194 cm³/mol. The average Bonchev–Trinajstić information content (AvgIpc) is 3.57. The summed E-state index contributed by atoms with van der Waals surface area (Å²) in [5, 5.41) is 15.9. The fraction of sp³-hybridized carbons (Fsp3) is 0.410. The molecule has 12 heteroatoms. The minimum absolute atomic E-state index is 0.0279. The number of nitrogens with one attached hydrogen (secondary N) is 2. The van der Waals surface area contributed by atoms with Gasteiger partial charge in [0.2, 0.25) is 0 Å². The molecule has 0 bridgehead atoms. The Morgan fingerprint density at radius 3 is 2.55 bits per heavy atom. The number of fused-ring (bicyclic) bond motifs is 2. The molecule has 1 aliphatic carbocycles. The molecule has 4 heterocycles. The Hall–Kier alpha value is -4.94. The van der Waals surface area contributed by atoms with Gasteiger partial charge in [0.25, 0.3) is 11.5 Å². The summed E-state index contributed by atoms with van der Waals surface area (Å²) in [7, 11) is 0. The van der Waals surface area contributed by atoms with Crippen molar-refractivity contribution in [1.82, 2.24) is 34.3 Å². The summed E-state index contributed by atoms with van der Waals surface area (Å²) in [5.41, 5.74) is 2.62. The second kappa shape index (κ2) is 14.4. The van der Waals surface area contributed by atoms with Gasteiger partial charge in [0.15, 0.2) is 5.65 Å². The van der Waals surface area contributed by atoms with Gasteiger partial charge in [-0.2, -0.15) is 0 Å². The van der Waals surface area contributed by atoms with E-state index in [1.54, 1.807) is 6.07 Å². The van der Waals surface area contributed by atoms with Crippen molar-refractivity contribution in [1.29, 1.82) is 0 Å². The lowest BCUT2D eigenvalue weighted by Crippen LogP contribution is -2.45. The molecule has 2 aromatic carbocycles. The zero-order valence-electron chi connectivity index (χ0n) is 29.1. The fourth-order valence-corrected chi connectivity index (χ4v) is 7.35. The first kappa shape index (κ1) is 34.5. The van der Waals surface area contributed by atoms with Crippen LogP contribution in [0.4, 0.5) is 4.39 Å². The molecule has 5 aromatic rings. The van der Waals surface area contributed by atoms with Crippen LogP contribution in [0.1, 0.15) is 86.7 Å². The summed E-state index contributed by atoms with van der Waals surface area (Å²) in [6, 6.07) is 16.2. The molecule has 51 heavy (non-hydrogen) atoms. The van der Waals surface area contributed by atoms with Gasteiger partial charge in [-0.25, -0.2) is 23.7 Å². The number of carbonyl (C=O) groups excluding carboxylic acids is 1. The third-order valence-electron chi connectivity index (χ3n) is 10.3. The molecule has 266 valence electrons. The zero-order chi connectivity index (χ0) is 35.7. The molecule has 1 saturated carbocycles. The van der Waals surface area contributed by atoms with E-state index >= 15 is 0 Å². The van der Waals surface area contributed by atoms with Crippen LogP contribution in [0.25, 0.3) is 27.8 Å². The van der Waals surface area contributed by atoms with Gasteiger partial charge in [0, 0.05) is 49.9 Å². The van der Waals surface area contributed by atoms with Crippen molar-refractivity contribution in [3.05, 3.63) is 111 Å². The van der Waals surface area contributed by atoms with Gasteiger partial charge in [-0.15, -0.1) is 0 Å². The minimum Gasteiger partial charge on any atom is -0.396 e. The lowest BCUT2D eigenvalue weighted by atomic mass is 9.90. The lowest BCUT2D eigenvalue weighted by Gasteiger charge is -2.30. The first-order valence-electron chi connectivity index (χ1n) is 17.9. The lowest BCUT2D eigenvalue weighted by molar-refractivity contribution is 0.0917. The van der Waals surface area contributed by atoms with E-state index < -0.39 is 23.1 Å². The molecule has 1 aliphatic heterocycles. The normalized spacial score (nSPS) is 17.7. The Labute approximate surface area is 295 Å². The van der Waals surface area contributed by atoms with Crippen molar-refractivity contribution < 1.29 is 14.3 Å². The molecule has 1 fully saturated rings. The summed E-state index contributed by atoms with van der Waals surface area (Å²) in [6.07, 6.45) is 8.66. The van der Waals surface area contributed by atoms with Crippen LogP contribution in [0.15, 0.2) is 76.6 Å². The van der Waals surface area contributed by atoms with Crippen molar-refractivity contribution in [2.24, 2.45) is 0 Å². The van der Waals surface area contributed by atoms with Crippen LogP contribution in [0.2, 0.25) is 0 Å². The molecule has 0 atom stereocenters. The standard InChI is InChI=1S/C39H44FN7O4/c1-39(2,17-19-48)42-22-25-9-11-26(12-10-25)27-6-5-7-31(20-27)46-35-32(21-28(40)23-41-35)37(50)47(38(46)51)30-15-13-29(14-16-30)43-36(49)33-24-45-18-4-3-8-34(45)44-33/h5-7,9-12,20-21,23-24,29-30,42,48H,3-4,8,13-19,22H2,1-2H3,(H,43,49). The average molecular weight is 694 g/mol. The number of carbonyl (C=O) groups is 1. The summed E-state index contributed by atoms with van der Waals surface area (Å²) in [6.45, 7) is 5.75. The maximum absolute atomic E-state index is 14.5. The molecule has 0 unspecified atom stereocenters. The predicted octanol–water partition coefficient (Wildman–Crippen LogP) is 5.05. The molecule has 1 amide bonds. The SMILES string of the molecule is CC(C)(CCO)NCc1ccc(-c2cccc(-n3c(=O)n(C4CCC(NC(=O)c5cn6c(n5)CCCC6)CC4)c(=O)c4cc(F)cnc43)c2)cc1. The Morgan fingerprint density at radius 1 is 1.02 bits per heavy atom. The Bertz CT molecular complexity index is 2160. The van der Waals surface area contributed by atoms with E-state index in [9.17, 15) is 23.9 Å². The minimum atomic E-state index is -0.660. The number of benzene rings is 2. The molecule has 0 radical (unpaired) electrons. The number of imidazole rings is 1. The highest BCUT2D eigenvalue weighted by Gasteiger charge is 2.29. The van der Waals surface area contributed by atoms with E-state index in [0.29, 0.717) is 50.0 Å². The van der Waals surface area contributed by atoms with E-state index in [4.69, 9.17) is 0 Å². The van der Waals surface area contributed by atoms with Crippen LogP contribution in [0.3, 0.4) is 0 Å². The third kappa shape index (κ3) is 7.29. The topological polar surface area (TPSA) is 136 Å². The van der Waals surface area contributed by atoms with Crippen LogP contribution in [-0.2, 0) is 19.5 Å². The van der Waals surface area contributed by atoms with Gasteiger partial charge >= 0.3 is 5.69 Å². The molecule has 11 nitrogen and oxygen atoms in total. The Morgan fingerprint density at radius 2 is 1.80 bits per heavy atom. The van der Waals surface area contributed by atoms with E-state index in [-0.39, 0.29) is 35.1 Å². The van der Waals surface area contributed by atoms with Crippen LogP contribution < -0.4 is 21.9 Å². The molecular weight excluding hydrogens is 649 g/mol. The number of aliphatic hydroxyl groups is 1. The van der Waals surface area contributed by atoms with Crippen LogP contribution in [0, 0.1) is 5.82 Å². The van der Waals surface area contributed by atoms with Crippen molar-refractivity contribution in [2.45, 2.75) is 95.9 Å². The second-order valence-electron chi connectivity index (χ2n) is 14.4. The van der Waals surface area contributed by atoms with Crippen LogP contribution in [-0.4, -0.2) is 52.9 Å². The number of rotatable bonds is 10. The summed E-state index contributed by atoms with van der Waals surface area (Å²) < 4.78 is 19.2. The number of aliphatic hydroxyl groups excluding tert-OH is 1. The highest BCUT2D eigenvalue weighted by molar-refractivity contribution is 5.92. The van der Waals surface area contributed by atoms with E-state index in [1.165, 1.54) is 9.13 Å². The van der Waals surface area contributed by atoms with Crippen molar-refractivity contribution >= 4 is 16.9 Å². The zero-order valence-corrected chi connectivity index (χ0v) is 29.1. The Balaban J connectivity index is 1.14. The van der Waals surface area contributed by atoms with Gasteiger partial charge in [-0.3, -0.25) is 14.2 Å². The van der Waals surface area contributed by atoms with Gasteiger partial charge < -0.3 is 20.3 Å². The van der Waals surface area contributed by atoms with E-state index in [1.807, 2.05) is 48.7 Å². The number of amides is 1. The van der Waals surface area contributed by atoms with Crippen molar-refractivity contribution in [3.8, 4) is 16.8 Å². The molecule has 2 aliphatic rings. The molecule has 7 rings (SSSR count). The first-order valence-corrected chi connectivity index (χ1v) is 17.9. The maximum Gasteiger partial charge on any atom is 0.337 e. The molecule has 3 N–H and O–H groups in total. The number of nitrogens with zero attached hydrogens (tertiary/aromatic N) is 5. The highest BCUT2D eigenvalue weighted by atomic mass is 19.1. The smallest absolute Gasteiger partial charge is 0.337 e. The van der Waals surface area contributed by atoms with Gasteiger partial charge in [0.1, 0.15) is 17.3 Å². The molecule has 0 spiro atoms. The molecular formula is C39H44FN7O4. The summed E-state index contributed by atoms with van der Waals surface area (Å²) >= 11 is 0. The van der Waals surface area contributed by atoms with E-state index in [2.05, 4.69) is 39.0 Å². The largest absolute Gasteiger partial charge is 0.396 e. The quantitative estimate of drug-likeness (QED) is 0.186. The number of hydrogen-bond acceptors (Lipinski definition) is 7. The van der Waals surface area contributed by atoms with E-state index in [0.717, 1.165) is 60.6 Å². The molecule has 3 aromatic heterocycles. The number of aryl methyl sites for hydroxylation is 2. The van der Waals surface area contributed by atoms with Gasteiger partial charge in [-0.1, -0.05) is 36.4 Å². The second-order valence-corrected chi connectivity index (χ2v) is 14.4. The highest BCUT2D eigenvalue weighted by Crippen LogP contribution is 2.29. The fourth-order valence-electron chi connectivity index (χ4n) is 7.35. The number of aromatic nitrogens is 5. The monoisotopic (exact) mass is 693 g/mol. The van der Waals surface area contributed by atoms with Crippen molar-refractivity contribution in [3.63, 3.8) is 0 Å².